The average molecular weight is 637 g/mol. The zero-order valence-electron chi connectivity index (χ0n) is 24.0. The van der Waals surface area contributed by atoms with Gasteiger partial charge in [-0.1, -0.05) is 0 Å². The van der Waals surface area contributed by atoms with E-state index in [-0.39, 0.29) is 41.0 Å². The number of ether oxygens (including phenoxy) is 1. The molecule has 2 amide bonds. The maximum Gasteiger partial charge on any atom is 0.416 e. The fraction of sp³-hybridized carbons (Fsp3) is 0.357. The molecule has 1 fully saturated rings. The van der Waals surface area contributed by atoms with Gasteiger partial charge in [-0.25, -0.2) is 9.97 Å². The Balaban J connectivity index is 1.37. The number of halogens is 6. The summed E-state index contributed by atoms with van der Waals surface area (Å²) in [5, 5.41) is 10.8. The summed E-state index contributed by atoms with van der Waals surface area (Å²) >= 11 is 0. The number of morpholine rings is 1. The first kappa shape index (κ1) is 31.6. The molecule has 3 aromatic heterocycles. The fourth-order valence-electron chi connectivity index (χ4n) is 4.92. The molecule has 0 bridgehead atoms. The number of benzene rings is 1. The van der Waals surface area contributed by atoms with Gasteiger partial charge in [-0.2, -0.15) is 36.1 Å². The Morgan fingerprint density at radius 2 is 1.71 bits per heavy atom. The van der Waals surface area contributed by atoms with Gasteiger partial charge in [0.25, 0.3) is 11.8 Å². The van der Waals surface area contributed by atoms with Crippen LogP contribution in [0.4, 0.5) is 26.3 Å². The normalized spacial score (nSPS) is 16.5. The Labute approximate surface area is 251 Å². The van der Waals surface area contributed by atoms with E-state index in [9.17, 15) is 35.9 Å². The highest BCUT2D eigenvalue weighted by atomic mass is 19.4. The number of aryl methyl sites for hydroxylation is 2. The van der Waals surface area contributed by atoms with Gasteiger partial charge in [0.2, 0.25) is 0 Å². The van der Waals surface area contributed by atoms with Crippen LogP contribution in [-0.4, -0.2) is 66.0 Å². The molecule has 0 saturated carbocycles. The predicted octanol–water partition coefficient (Wildman–Crippen LogP) is 4.45. The molecule has 0 aliphatic carbocycles. The van der Waals surface area contributed by atoms with Crippen LogP contribution in [0.3, 0.4) is 0 Å². The number of carbonyl (C=O) groups excluding carboxylic acids is 2. The van der Waals surface area contributed by atoms with Crippen molar-refractivity contribution in [1.29, 1.82) is 0 Å². The molecule has 11 nitrogen and oxygen atoms in total. The summed E-state index contributed by atoms with van der Waals surface area (Å²) < 4.78 is 88.3. The van der Waals surface area contributed by atoms with Crippen molar-refractivity contribution in [3.8, 4) is 5.82 Å². The molecule has 238 valence electrons. The molecule has 0 spiro atoms. The van der Waals surface area contributed by atoms with Crippen molar-refractivity contribution in [2.24, 2.45) is 7.05 Å². The first-order valence-electron chi connectivity index (χ1n) is 13.5. The molecule has 1 aliphatic rings. The highest BCUT2D eigenvalue weighted by Gasteiger charge is 2.38. The predicted molar refractivity (Wildman–Crippen MR) is 144 cm³/mol. The number of rotatable bonds is 6. The maximum atomic E-state index is 13.4. The quantitative estimate of drug-likeness (QED) is 0.311. The van der Waals surface area contributed by atoms with Crippen LogP contribution in [0.25, 0.3) is 5.82 Å². The van der Waals surface area contributed by atoms with Gasteiger partial charge in [-0.15, -0.1) is 5.10 Å². The van der Waals surface area contributed by atoms with E-state index in [0.717, 1.165) is 5.69 Å². The van der Waals surface area contributed by atoms with Crippen LogP contribution in [0.1, 0.15) is 68.2 Å². The number of pyridine rings is 1. The summed E-state index contributed by atoms with van der Waals surface area (Å²) in [6, 6.07) is 4.08. The van der Waals surface area contributed by atoms with E-state index in [1.54, 1.807) is 35.8 Å². The first-order valence-corrected chi connectivity index (χ1v) is 13.5. The summed E-state index contributed by atoms with van der Waals surface area (Å²) in [5.74, 6) is -0.933. The van der Waals surface area contributed by atoms with Crippen LogP contribution in [0.15, 0.2) is 48.8 Å². The highest BCUT2D eigenvalue weighted by molar-refractivity contribution is 5.95. The molecule has 1 N–H and O–H groups in total. The van der Waals surface area contributed by atoms with Crippen molar-refractivity contribution in [2.75, 3.05) is 19.8 Å². The summed E-state index contributed by atoms with van der Waals surface area (Å²) in [6.07, 6.45) is -7.25. The molecule has 45 heavy (non-hydrogen) atoms. The minimum absolute atomic E-state index is 0.0572. The number of nitrogens with zero attached hydrogens (tertiary/aromatic N) is 7. The summed E-state index contributed by atoms with van der Waals surface area (Å²) in [4.78, 5) is 36.6. The van der Waals surface area contributed by atoms with Crippen molar-refractivity contribution in [1.82, 2.24) is 39.7 Å². The van der Waals surface area contributed by atoms with Crippen LogP contribution >= 0.6 is 0 Å². The number of hydrogen-bond acceptors (Lipinski definition) is 7. The zero-order valence-corrected chi connectivity index (χ0v) is 24.0. The van der Waals surface area contributed by atoms with Gasteiger partial charge in [0.15, 0.2) is 11.6 Å². The number of alkyl halides is 6. The molecule has 1 aromatic carbocycles. The average Bonchev–Trinajstić information content (AvgIpc) is 3.61. The fourth-order valence-corrected chi connectivity index (χ4v) is 4.92. The lowest BCUT2D eigenvalue weighted by Gasteiger charge is -2.35. The molecule has 1 unspecified atom stereocenters. The lowest BCUT2D eigenvalue weighted by Crippen LogP contribution is -2.44. The van der Waals surface area contributed by atoms with Crippen LogP contribution in [0.5, 0.6) is 0 Å². The molecule has 2 atom stereocenters. The van der Waals surface area contributed by atoms with Crippen molar-refractivity contribution < 1.29 is 40.7 Å². The third-order valence-corrected chi connectivity index (χ3v) is 7.12. The Kier molecular flexibility index (Phi) is 8.39. The van der Waals surface area contributed by atoms with Crippen LogP contribution in [0, 0.1) is 6.92 Å². The molecule has 4 aromatic rings. The molecule has 17 heteroatoms. The Bertz CT molecular complexity index is 1680. The lowest BCUT2D eigenvalue weighted by atomic mass is 10.0. The second-order valence-corrected chi connectivity index (χ2v) is 10.3. The van der Waals surface area contributed by atoms with Crippen LogP contribution in [-0.2, 0) is 24.1 Å². The van der Waals surface area contributed by atoms with Gasteiger partial charge in [0, 0.05) is 31.5 Å². The third kappa shape index (κ3) is 6.67. The number of aromatic nitrogens is 6. The topological polar surface area (TPSA) is 120 Å². The van der Waals surface area contributed by atoms with Crippen molar-refractivity contribution >= 4 is 11.8 Å². The van der Waals surface area contributed by atoms with Crippen molar-refractivity contribution in [3.05, 3.63) is 88.4 Å². The summed E-state index contributed by atoms with van der Waals surface area (Å²) in [5.41, 5.74) is -2.99. The smallest absolute Gasteiger partial charge is 0.377 e. The van der Waals surface area contributed by atoms with E-state index in [1.165, 1.54) is 29.9 Å². The second kappa shape index (κ2) is 11.9. The molecule has 1 saturated heterocycles. The highest BCUT2D eigenvalue weighted by Crippen LogP contribution is 2.36. The number of carbonyl (C=O) groups is 2. The van der Waals surface area contributed by atoms with E-state index < -0.39 is 41.0 Å². The van der Waals surface area contributed by atoms with Crippen molar-refractivity contribution in [2.45, 2.75) is 38.3 Å². The number of nitrogens with one attached hydrogen (secondary N) is 1. The van der Waals surface area contributed by atoms with E-state index in [2.05, 4.69) is 25.5 Å². The van der Waals surface area contributed by atoms with Gasteiger partial charge in [0.1, 0.15) is 5.82 Å². The third-order valence-electron chi connectivity index (χ3n) is 7.12. The van der Waals surface area contributed by atoms with Gasteiger partial charge < -0.3 is 15.0 Å². The minimum Gasteiger partial charge on any atom is -0.377 e. The van der Waals surface area contributed by atoms with Gasteiger partial charge in [0.05, 0.1) is 47.7 Å². The van der Waals surface area contributed by atoms with E-state index in [4.69, 9.17) is 4.74 Å². The largest absolute Gasteiger partial charge is 0.416 e. The molecular formula is C28H26F6N8O3. The van der Waals surface area contributed by atoms with Gasteiger partial charge in [-0.05, 0) is 50.2 Å². The Morgan fingerprint density at radius 1 is 1.02 bits per heavy atom. The maximum absolute atomic E-state index is 13.4. The summed E-state index contributed by atoms with van der Waals surface area (Å²) in [7, 11) is 1.77. The first-order chi connectivity index (χ1) is 21.1. The van der Waals surface area contributed by atoms with Crippen LogP contribution in [0.2, 0.25) is 0 Å². The molecule has 4 heterocycles. The monoisotopic (exact) mass is 636 g/mol. The van der Waals surface area contributed by atoms with Crippen molar-refractivity contribution in [3.63, 3.8) is 0 Å². The molecule has 0 radical (unpaired) electrons. The summed E-state index contributed by atoms with van der Waals surface area (Å²) in [6.45, 7) is 3.97. The zero-order chi connectivity index (χ0) is 32.7. The SMILES string of the molecule is Cc1nc([C@H](C)NC(=O)c2cc(C(F)(F)F)cc(C(F)(F)F)c2)n(-c2ccc(C(=O)N3CCOCC3c3ccnn3C)cn2)n1. The van der Waals surface area contributed by atoms with E-state index >= 15 is 0 Å². The van der Waals surface area contributed by atoms with E-state index in [1.807, 2.05) is 0 Å². The standard InChI is InChI=1S/C28H26F6N8O3/c1-15(37-25(43)18-10-19(27(29,30)31)12-20(11-18)28(32,33)34)24-38-16(2)39-42(24)23-5-4-17(13-35-23)26(44)41-8-9-45-14-22(41)21-6-7-36-40(21)3/h4-7,10-13,15,22H,8-9,14H2,1-3H3,(H,37,43)/t15-,22?/m0/s1. The second-order valence-electron chi connectivity index (χ2n) is 10.3. The molecule has 5 rings (SSSR count). The van der Waals surface area contributed by atoms with Gasteiger partial charge >= 0.3 is 12.4 Å². The van der Waals surface area contributed by atoms with Crippen LogP contribution < -0.4 is 5.32 Å². The number of amides is 2. The Hall–Kier alpha value is -4.80. The molecular weight excluding hydrogens is 610 g/mol. The Morgan fingerprint density at radius 3 is 2.29 bits per heavy atom. The minimum atomic E-state index is -5.11. The van der Waals surface area contributed by atoms with E-state index in [0.29, 0.717) is 31.9 Å². The lowest BCUT2D eigenvalue weighted by molar-refractivity contribution is -0.143. The van der Waals surface area contributed by atoms with Gasteiger partial charge in [-0.3, -0.25) is 14.3 Å². The molecule has 1 aliphatic heterocycles. The number of hydrogen-bond donors (Lipinski definition) is 1.